The fourth-order valence-electron chi connectivity index (χ4n) is 1.83. The number of nitrogens with two attached hydrogens (primary N) is 1. The van der Waals surface area contributed by atoms with Gasteiger partial charge in [0.2, 0.25) is 0 Å². The summed E-state index contributed by atoms with van der Waals surface area (Å²) in [6.45, 7) is 16.2. The van der Waals surface area contributed by atoms with Gasteiger partial charge in [-0.15, -0.1) is 0 Å². The highest BCUT2D eigenvalue weighted by Gasteiger charge is 2.37. The van der Waals surface area contributed by atoms with E-state index in [1.54, 1.807) is 26.8 Å². The zero-order valence-electron chi connectivity index (χ0n) is 18.2. The monoisotopic (exact) mass is 401 g/mol. The van der Waals surface area contributed by atoms with Crippen molar-refractivity contribution in [3.63, 3.8) is 0 Å². The number of carbonyl (C=O) groups is 1. The molecule has 8 heteroatoms. The summed E-state index contributed by atoms with van der Waals surface area (Å²) in [7, 11) is -1.88. The summed E-state index contributed by atoms with van der Waals surface area (Å²) in [5, 5.41) is 20.2. The number of allylic oxidation sites excluding steroid dienone is 1. The Kier molecular flexibility index (Phi) is 9.72. The molecule has 0 rings (SSSR count). The predicted octanol–water partition coefficient (Wildman–Crippen LogP) is 3.54. The van der Waals surface area contributed by atoms with Gasteiger partial charge in [0.25, 0.3) is 0 Å². The van der Waals surface area contributed by atoms with Gasteiger partial charge in [0.05, 0.1) is 19.3 Å². The van der Waals surface area contributed by atoms with Gasteiger partial charge in [0.15, 0.2) is 8.32 Å². The highest BCUT2D eigenvalue weighted by molar-refractivity contribution is 6.74. The third kappa shape index (κ3) is 11.1. The van der Waals surface area contributed by atoms with E-state index >= 15 is 0 Å². The molecular formula is C19H39N3O4Si. The molecule has 0 aromatic carbocycles. The van der Waals surface area contributed by atoms with Crippen LogP contribution < -0.4 is 11.1 Å². The van der Waals surface area contributed by atoms with Crippen LogP contribution in [0.4, 0.5) is 4.79 Å². The fourth-order valence-corrected chi connectivity index (χ4v) is 2.79. The number of ether oxygens (including phenoxy) is 1. The van der Waals surface area contributed by atoms with Crippen molar-refractivity contribution < 1.29 is 19.1 Å². The lowest BCUT2D eigenvalue weighted by Crippen LogP contribution is -2.41. The molecule has 0 saturated carbocycles. The quantitative estimate of drug-likeness (QED) is 0.348. The Hall–Kier alpha value is -1.38. The van der Waals surface area contributed by atoms with Crippen molar-refractivity contribution in [2.24, 2.45) is 5.73 Å². The van der Waals surface area contributed by atoms with Gasteiger partial charge in [-0.1, -0.05) is 20.8 Å². The smallest absolute Gasteiger partial charge is 0.407 e. The van der Waals surface area contributed by atoms with E-state index in [1.807, 2.05) is 0 Å². The molecule has 27 heavy (non-hydrogen) atoms. The van der Waals surface area contributed by atoms with Crippen LogP contribution >= 0.6 is 0 Å². The Morgan fingerprint density at radius 3 is 2.26 bits per heavy atom. The summed E-state index contributed by atoms with van der Waals surface area (Å²) in [4.78, 5) is 11.8. The SMILES string of the molecule is CC(C)(C)OC(=O)N[C@@H](CO)CCC(=N)C=C(N)CO[Si](C)(C)C(C)(C)C. The summed E-state index contributed by atoms with van der Waals surface area (Å²) in [6.07, 6.45) is 1.81. The average molecular weight is 402 g/mol. The lowest BCUT2D eigenvalue weighted by Gasteiger charge is -2.36. The molecule has 0 aromatic rings. The number of rotatable bonds is 9. The van der Waals surface area contributed by atoms with Crippen molar-refractivity contribution in [3.8, 4) is 0 Å². The van der Waals surface area contributed by atoms with Gasteiger partial charge in [-0.2, -0.15) is 0 Å². The number of aliphatic hydroxyl groups is 1. The van der Waals surface area contributed by atoms with Crippen molar-refractivity contribution >= 4 is 20.1 Å². The third-order valence-electron chi connectivity index (χ3n) is 4.47. The number of carbonyl (C=O) groups excluding carboxylic acids is 1. The standard InChI is InChI=1S/C19H39N3O4Si/c1-18(2,3)26-17(24)22-16(12-23)10-9-14(20)11-15(21)13-25-27(7,8)19(4,5)6/h11,16,20,23H,9-10,12-13,21H2,1-8H3,(H,22,24)/t16-/m1/s1. The molecule has 0 unspecified atom stereocenters. The first-order valence-electron chi connectivity index (χ1n) is 9.35. The number of hydrogen-bond acceptors (Lipinski definition) is 6. The number of amides is 1. The molecule has 0 bridgehead atoms. The first-order chi connectivity index (χ1) is 12.1. The topological polar surface area (TPSA) is 118 Å². The maximum absolute atomic E-state index is 11.8. The second-order valence-electron chi connectivity index (χ2n) is 9.36. The first kappa shape index (κ1) is 25.6. The Morgan fingerprint density at radius 2 is 1.81 bits per heavy atom. The van der Waals surface area contributed by atoms with Crippen LogP contribution in [0.1, 0.15) is 54.4 Å². The molecule has 0 aromatic heterocycles. The molecule has 0 fully saturated rings. The Balaban J connectivity index is 4.50. The van der Waals surface area contributed by atoms with Crippen LogP contribution in [0, 0.1) is 5.41 Å². The number of hydrogen-bond donors (Lipinski definition) is 4. The minimum absolute atomic E-state index is 0.0997. The Labute approximate surface area is 165 Å². The zero-order chi connectivity index (χ0) is 21.5. The highest BCUT2D eigenvalue weighted by atomic mass is 28.4. The van der Waals surface area contributed by atoms with E-state index in [-0.39, 0.29) is 11.6 Å². The zero-order valence-corrected chi connectivity index (χ0v) is 19.2. The molecule has 0 heterocycles. The average Bonchev–Trinajstić information content (AvgIpc) is 2.46. The van der Waals surface area contributed by atoms with Gasteiger partial charge in [-0.05, 0) is 57.8 Å². The van der Waals surface area contributed by atoms with Gasteiger partial charge < -0.3 is 30.7 Å². The molecule has 0 radical (unpaired) electrons. The fraction of sp³-hybridized carbons (Fsp3) is 0.789. The van der Waals surface area contributed by atoms with Gasteiger partial charge in [0.1, 0.15) is 5.60 Å². The summed E-state index contributed by atoms with van der Waals surface area (Å²) in [5.74, 6) is 0. The maximum atomic E-state index is 11.8. The van der Waals surface area contributed by atoms with Crippen LogP contribution in [0.15, 0.2) is 11.8 Å². The largest absolute Gasteiger partial charge is 0.444 e. The summed E-state index contributed by atoms with van der Waals surface area (Å²) in [5.41, 5.74) is 6.23. The molecule has 0 aliphatic carbocycles. The molecule has 0 aliphatic heterocycles. The van der Waals surface area contributed by atoms with E-state index in [2.05, 4.69) is 39.2 Å². The minimum Gasteiger partial charge on any atom is -0.444 e. The van der Waals surface area contributed by atoms with Gasteiger partial charge in [-0.3, -0.25) is 0 Å². The predicted molar refractivity (Wildman–Crippen MR) is 113 cm³/mol. The summed E-state index contributed by atoms with van der Waals surface area (Å²) >= 11 is 0. The lowest BCUT2D eigenvalue weighted by atomic mass is 10.1. The van der Waals surface area contributed by atoms with Crippen LogP contribution in [0.25, 0.3) is 0 Å². The van der Waals surface area contributed by atoms with E-state index in [4.69, 9.17) is 20.3 Å². The van der Waals surface area contributed by atoms with E-state index < -0.39 is 26.1 Å². The Morgan fingerprint density at radius 1 is 1.26 bits per heavy atom. The molecule has 158 valence electrons. The summed E-state index contributed by atoms with van der Waals surface area (Å²) < 4.78 is 11.2. The van der Waals surface area contributed by atoms with Gasteiger partial charge >= 0.3 is 6.09 Å². The van der Waals surface area contributed by atoms with Crippen LogP contribution in [0.3, 0.4) is 0 Å². The van der Waals surface area contributed by atoms with Crippen LogP contribution in [-0.4, -0.2) is 50.1 Å². The van der Waals surface area contributed by atoms with E-state index in [9.17, 15) is 9.90 Å². The molecule has 0 saturated heterocycles. The molecule has 5 N–H and O–H groups in total. The maximum Gasteiger partial charge on any atom is 0.407 e. The van der Waals surface area contributed by atoms with Crippen molar-refractivity contribution in [2.75, 3.05) is 13.2 Å². The molecular weight excluding hydrogens is 362 g/mol. The second kappa shape index (κ2) is 10.2. The molecule has 7 nitrogen and oxygen atoms in total. The van der Waals surface area contributed by atoms with Crippen molar-refractivity contribution in [2.45, 2.75) is 84.2 Å². The normalized spacial score (nSPS) is 14.6. The van der Waals surface area contributed by atoms with Crippen LogP contribution in [0.2, 0.25) is 18.1 Å². The Bertz CT molecular complexity index is 534. The third-order valence-corrected chi connectivity index (χ3v) is 8.95. The minimum atomic E-state index is -1.88. The molecule has 1 amide bonds. The highest BCUT2D eigenvalue weighted by Crippen LogP contribution is 2.36. The van der Waals surface area contributed by atoms with Crippen LogP contribution in [-0.2, 0) is 9.16 Å². The number of nitrogens with one attached hydrogen (secondary N) is 2. The van der Waals surface area contributed by atoms with E-state index in [1.165, 1.54) is 0 Å². The van der Waals surface area contributed by atoms with E-state index in [0.717, 1.165) is 0 Å². The molecule has 0 spiro atoms. The van der Waals surface area contributed by atoms with Gasteiger partial charge in [0, 0.05) is 11.4 Å². The first-order valence-corrected chi connectivity index (χ1v) is 12.3. The number of alkyl carbamates (subject to hydrolysis) is 1. The van der Waals surface area contributed by atoms with Crippen LogP contribution in [0.5, 0.6) is 0 Å². The molecule has 0 aliphatic rings. The molecule has 1 atom stereocenters. The summed E-state index contributed by atoms with van der Waals surface area (Å²) in [6, 6.07) is -0.474. The lowest BCUT2D eigenvalue weighted by molar-refractivity contribution is 0.0480. The van der Waals surface area contributed by atoms with E-state index in [0.29, 0.717) is 30.9 Å². The van der Waals surface area contributed by atoms with Crippen molar-refractivity contribution in [3.05, 3.63) is 11.8 Å². The van der Waals surface area contributed by atoms with Gasteiger partial charge in [-0.25, -0.2) is 4.79 Å². The van der Waals surface area contributed by atoms with Crippen molar-refractivity contribution in [1.82, 2.24) is 5.32 Å². The number of aliphatic hydroxyl groups excluding tert-OH is 1. The van der Waals surface area contributed by atoms with Crippen molar-refractivity contribution in [1.29, 1.82) is 5.41 Å². The second-order valence-corrected chi connectivity index (χ2v) is 14.2.